The second-order valence-electron chi connectivity index (χ2n) is 7.95. The summed E-state index contributed by atoms with van der Waals surface area (Å²) in [4.78, 5) is 70.2. The topological polar surface area (TPSA) is 239 Å². The fourth-order valence-corrected chi connectivity index (χ4v) is 4.58. The van der Waals surface area contributed by atoms with Crippen LogP contribution in [0.2, 0.25) is 0 Å². The normalized spacial score (nSPS) is 21.2. The monoisotopic (exact) mass is 532 g/mol. The molecule has 2 aliphatic heterocycles. The third-order valence-electron chi connectivity index (χ3n) is 5.09. The van der Waals surface area contributed by atoms with E-state index in [9.17, 15) is 42.0 Å². The van der Waals surface area contributed by atoms with Crippen LogP contribution >= 0.6 is 11.3 Å². The van der Waals surface area contributed by atoms with Crippen LogP contribution in [0.25, 0.3) is 0 Å². The maximum atomic E-state index is 13.0. The minimum absolute atomic E-state index is 0.0270. The number of amides is 4. The summed E-state index contributed by atoms with van der Waals surface area (Å²) in [5.74, 6) is -5.00. The van der Waals surface area contributed by atoms with Gasteiger partial charge in [0.25, 0.3) is 11.8 Å². The maximum absolute atomic E-state index is 13.0. The summed E-state index contributed by atoms with van der Waals surface area (Å²) in [7, 11) is -5.08. The summed E-state index contributed by atoms with van der Waals surface area (Å²) in [6, 6.07) is -3.11. The molecule has 3 rings (SSSR count). The second kappa shape index (κ2) is 9.19. The Morgan fingerprint density at radius 2 is 1.91 bits per heavy atom. The highest BCUT2D eigenvalue weighted by Crippen LogP contribution is 2.27. The molecule has 2 saturated heterocycles. The maximum Gasteiger partial charge on any atom is 0.362 e. The number of carboxylic acid groups (broad SMARTS) is 1. The molecule has 1 unspecified atom stereocenters. The largest absolute Gasteiger partial charge is 0.478 e. The van der Waals surface area contributed by atoms with Crippen molar-refractivity contribution in [3.05, 3.63) is 11.1 Å². The van der Waals surface area contributed by atoms with E-state index in [1.807, 2.05) is 0 Å². The molecule has 2 atom stereocenters. The fraction of sp³-hybridized carbons (Fsp3) is 0.471. The van der Waals surface area contributed by atoms with E-state index in [0.29, 0.717) is 0 Å². The van der Waals surface area contributed by atoms with Crippen LogP contribution in [0.5, 0.6) is 0 Å². The van der Waals surface area contributed by atoms with Gasteiger partial charge in [0.05, 0.1) is 12.6 Å². The number of aliphatic carboxylic acids is 1. The van der Waals surface area contributed by atoms with Gasteiger partial charge in [0.2, 0.25) is 17.4 Å². The number of rotatable bonds is 9. The quantitative estimate of drug-likeness (QED) is 0.0884. The summed E-state index contributed by atoms with van der Waals surface area (Å²) in [6.45, 7) is 1.71. The number of nitrogens with one attached hydrogen (secondary N) is 1. The second-order valence-corrected chi connectivity index (χ2v) is 10.1. The lowest BCUT2D eigenvalue weighted by atomic mass is 9.97. The van der Waals surface area contributed by atoms with Crippen LogP contribution in [0.4, 0.5) is 5.13 Å². The molecule has 0 aliphatic carbocycles. The average molecular weight is 533 g/mol. The van der Waals surface area contributed by atoms with Crippen molar-refractivity contribution < 1.29 is 46.9 Å². The summed E-state index contributed by atoms with van der Waals surface area (Å²) >= 11 is 0.920. The van der Waals surface area contributed by atoms with Gasteiger partial charge in [0.15, 0.2) is 10.8 Å². The zero-order chi connectivity index (χ0) is 26.3. The summed E-state index contributed by atoms with van der Waals surface area (Å²) in [6.07, 6.45) is -0.220. The number of nitrogens with two attached hydrogens (primary N) is 1. The lowest BCUT2D eigenvalue weighted by Crippen LogP contribution is -2.74. The van der Waals surface area contributed by atoms with Crippen LogP contribution in [0.3, 0.4) is 0 Å². The van der Waals surface area contributed by atoms with Crippen molar-refractivity contribution >= 4 is 62.1 Å². The van der Waals surface area contributed by atoms with Crippen LogP contribution in [0.15, 0.2) is 10.5 Å². The standard InChI is InChI=1S/C17H20N6O10S2/c1-17(2,15(28)29)33-21-11(7-6-34-16(18)19-7)13(26)20-12-8(23(14(12)27)35(30,31)32)5-22-9(24)3-4-10(22)25/h6,8,12H,3-5H2,1-2H3,(H2,18,19)(H,20,26)(H,28,29)(H,30,31,32)/b21-11-/t8-,12?/m0/s1. The molecule has 1 aromatic rings. The summed E-state index contributed by atoms with van der Waals surface area (Å²) in [5.41, 5.74) is 2.99. The Morgan fingerprint density at radius 3 is 2.40 bits per heavy atom. The lowest BCUT2D eigenvalue weighted by Gasteiger charge is -2.45. The van der Waals surface area contributed by atoms with E-state index in [1.54, 1.807) is 0 Å². The SMILES string of the molecule is CC(C)(O/N=C(\C(=O)NC1C(=O)N(S(=O)(=O)O)[C@H]1CN1C(=O)CCC1=O)c1csc(N)n1)C(=O)O. The van der Waals surface area contributed by atoms with Gasteiger partial charge in [-0.05, 0) is 13.8 Å². The molecule has 3 heterocycles. The Hall–Kier alpha value is -3.64. The van der Waals surface area contributed by atoms with Gasteiger partial charge in [-0.25, -0.2) is 14.1 Å². The first-order valence-corrected chi connectivity index (χ1v) is 12.1. The third-order valence-corrected chi connectivity index (χ3v) is 6.71. The molecule has 1 aromatic heterocycles. The number of carbonyl (C=O) groups is 5. The number of nitrogens with zero attached hydrogens (tertiary/aromatic N) is 4. The van der Waals surface area contributed by atoms with E-state index in [0.717, 1.165) is 30.1 Å². The molecule has 0 aromatic carbocycles. The van der Waals surface area contributed by atoms with Gasteiger partial charge in [-0.3, -0.25) is 28.6 Å². The Balaban J connectivity index is 1.89. The van der Waals surface area contributed by atoms with Crippen LogP contribution in [-0.4, -0.2) is 91.8 Å². The highest BCUT2D eigenvalue weighted by atomic mass is 32.2. The van der Waals surface area contributed by atoms with E-state index in [4.69, 9.17) is 10.6 Å². The van der Waals surface area contributed by atoms with Crippen molar-refractivity contribution in [2.45, 2.75) is 44.4 Å². The summed E-state index contributed by atoms with van der Waals surface area (Å²) < 4.78 is 32.8. The Kier molecular flexibility index (Phi) is 6.82. The fourth-order valence-electron chi connectivity index (χ4n) is 3.16. The molecule has 0 bridgehead atoms. The molecule has 0 radical (unpaired) electrons. The highest BCUT2D eigenvalue weighted by Gasteiger charge is 2.55. The molecule has 16 nitrogen and oxygen atoms in total. The van der Waals surface area contributed by atoms with Crippen molar-refractivity contribution in [1.82, 2.24) is 19.5 Å². The van der Waals surface area contributed by atoms with E-state index in [1.165, 1.54) is 5.38 Å². The Bertz CT molecular complexity index is 1220. The van der Waals surface area contributed by atoms with Gasteiger partial charge in [-0.15, -0.1) is 11.3 Å². The molecule has 0 spiro atoms. The number of oxime groups is 1. The molecule has 0 saturated carbocycles. The number of hydrogen-bond acceptors (Lipinski definition) is 12. The number of thiazole rings is 1. The van der Waals surface area contributed by atoms with Crippen LogP contribution in [0.1, 0.15) is 32.4 Å². The van der Waals surface area contributed by atoms with Gasteiger partial charge < -0.3 is 21.0 Å². The number of anilines is 1. The highest BCUT2D eigenvalue weighted by molar-refractivity contribution is 7.84. The van der Waals surface area contributed by atoms with Gasteiger partial charge >= 0.3 is 16.3 Å². The minimum atomic E-state index is -5.08. The summed E-state index contributed by atoms with van der Waals surface area (Å²) in [5, 5.41) is 16.3. The van der Waals surface area contributed by atoms with Crippen LogP contribution in [-0.2, 0) is 39.1 Å². The number of β-lactam (4-membered cyclic amide) rings is 1. The van der Waals surface area contributed by atoms with Gasteiger partial charge in [-0.1, -0.05) is 5.16 Å². The minimum Gasteiger partial charge on any atom is -0.478 e. The average Bonchev–Trinajstić information content (AvgIpc) is 3.30. The van der Waals surface area contributed by atoms with Crippen molar-refractivity contribution in [2.24, 2.45) is 5.16 Å². The third kappa shape index (κ3) is 5.23. The smallest absolute Gasteiger partial charge is 0.362 e. The van der Waals surface area contributed by atoms with Crippen molar-refractivity contribution in [3.63, 3.8) is 0 Å². The van der Waals surface area contributed by atoms with Crippen molar-refractivity contribution in [1.29, 1.82) is 0 Å². The zero-order valence-electron chi connectivity index (χ0n) is 18.2. The van der Waals surface area contributed by atoms with Gasteiger partial charge in [-0.2, -0.15) is 8.42 Å². The first kappa shape index (κ1) is 26.0. The van der Waals surface area contributed by atoms with E-state index < -0.39 is 69.8 Å². The van der Waals surface area contributed by atoms with Crippen LogP contribution in [0, 0.1) is 0 Å². The molecule has 5 N–H and O–H groups in total. The number of carbonyl (C=O) groups excluding carboxylic acids is 4. The molecular weight excluding hydrogens is 512 g/mol. The van der Waals surface area contributed by atoms with Crippen molar-refractivity contribution in [2.75, 3.05) is 12.3 Å². The molecule has 190 valence electrons. The number of imide groups is 1. The number of aromatic nitrogens is 1. The lowest BCUT2D eigenvalue weighted by molar-refractivity contribution is -0.161. The molecule has 2 aliphatic rings. The van der Waals surface area contributed by atoms with Gasteiger partial charge in [0, 0.05) is 18.2 Å². The first-order valence-electron chi connectivity index (χ1n) is 9.79. The first-order chi connectivity index (χ1) is 16.1. The molecule has 35 heavy (non-hydrogen) atoms. The van der Waals surface area contributed by atoms with E-state index in [-0.39, 0.29) is 28.0 Å². The Labute approximate surface area is 201 Å². The number of nitrogen functional groups attached to an aromatic ring is 1. The van der Waals surface area contributed by atoms with E-state index >= 15 is 0 Å². The Morgan fingerprint density at radius 1 is 1.31 bits per heavy atom. The predicted octanol–water partition coefficient (Wildman–Crippen LogP) is -2.04. The molecule has 4 amide bonds. The number of likely N-dealkylation sites (tertiary alicyclic amines) is 1. The van der Waals surface area contributed by atoms with Crippen LogP contribution < -0.4 is 11.1 Å². The zero-order valence-corrected chi connectivity index (χ0v) is 19.8. The van der Waals surface area contributed by atoms with Gasteiger partial charge in [0.1, 0.15) is 11.7 Å². The number of carboxylic acids is 1. The predicted molar refractivity (Wildman–Crippen MR) is 116 cm³/mol. The van der Waals surface area contributed by atoms with E-state index in [2.05, 4.69) is 15.5 Å². The number of hydrogen-bond donors (Lipinski definition) is 4. The molecule has 18 heteroatoms. The molecule has 2 fully saturated rings. The molecular formula is C17H20N6O10S2. The van der Waals surface area contributed by atoms with Crippen molar-refractivity contribution in [3.8, 4) is 0 Å².